The van der Waals surface area contributed by atoms with Crippen LogP contribution in [0.5, 0.6) is 0 Å². The van der Waals surface area contributed by atoms with Crippen LogP contribution in [0.3, 0.4) is 0 Å². The Labute approximate surface area is 283 Å². The quantitative estimate of drug-likeness (QED) is 0.293. The number of nitrogens with one attached hydrogen (secondary N) is 2. The number of carbonyl (C=O) groups excluding carboxylic acids is 1. The number of nitrogens with zero attached hydrogens (tertiary/aromatic N) is 4. The van der Waals surface area contributed by atoms with Crippen molar-refractivity contribution in [3.05, 3.63) is 89.2 Å². The molecule has 6 fully saturated rings. The maximum absolute atomic E-state index is 13.0. The summed E-state index contributed by atoms with van der Waals surface area (Å²) in [4.78, 5) is 26.6. The van der Waals surface area contributed by atoms with Gasteiger partial charge in [0.05, 0.1) is 18.8 Å². The Balaban J connectivity index is 0.894. The summed E-state index contributed by atoms with van der Waals surface area (Å²) < 4.78 is 13.2. The first-order valence-corrected chi connectivity index (χ1v) is 17.9. The minimum absolute atomic E-state index is 0.00768. The van der Waals surface area contributed by atoms with E-state index in [0.29, 0.717) is 6.54 Å². The van der Waals surface area contributed by atoms with Crippen molar-refractivity contribution in [3.63, 3.8) is 0 Å². The van der Waals surface area contributed by atoms with Gasteiger partial charge in [0.15, 0.2) is 6.29 Å². The van der Waals surface area contributed by atoms with Crippen molar-refractivity contribution in [2.24, 2.45) is 17.8 Å². The summed E-state index contributed by atoms with van der Waals surface area (Å²) in [6.45, 7) is 4.89. The largest absolute Gasteiger partial charge is 0.392 e. The smallest absolute Gasteiger partial charge is 0.315 e. The van der Waals surface area contributed by atoms with Crippen LogP contribution < -0.4 is 15.5 Å². The number of hydrogen-bond donors (Lipinski definition) is 3. The first kappa shape index (κ1) is 31.7. The molecule has 3 atom stereocenters. The number of rotatable bonds is 9. The van der Waals surface area contributed by atoms with Crippen molar-refractivity contribution < 1.29 is 19.4 Å². The molecule has 2 amide bonds. The van der Waals surface area contributed by atoms with Crippen molar-refractivity contribution in [1.29, 1.82) is 0 Å². The van der Waals surface area contributed by atoms with E-state index in [1.165, 1.54) is 19.3 Å². The van der Waals surface area contributed by atoms with Crippen LogP contribution in [0.15, 0.2) is 67.0 Å². The fraction of sp³-hybridized carbons (Fsp3) is 0.553. The second kappa shape index (κ2) is 13.7. The van der Waals surface area contributed by atoms with Gasteiger partial charge in [-0.3, -0.25) is 4.90 Å². The molecule has 2 aliphatic heterocycles. The van der Waals surface area contributed by atoms with Crippen LogP contribution in [0.2, 0.25) is 0 Å². The van der Waals surface area contributed by atoms with Crippen LogP contribution in [0.1, 0.15) is 79.6 Å². The number of piperazine rings is 1. The number of urea groups is 1. The number of aromatic nitrogens is 2. The van der Waals surface area contributed by atoms with Gasteiger partial charge in [-0.05, 0) is 79.0 Å². The highest BCUT2D eigenvalue weighted by atomic mass is 16.7. The molecule has 0 radical (unpaired) electrons. The molecule has 10 heteroatoms. The van der Waals surface area contributed by atoms with E-state index in [1.807, 2.05) is 18.2 Å². The Kier molecular flexibility index (Phi) is 9.07. The average molecular weight is 653 g/mol. The lowest BCUT2D eigenvalue weighted by Gasteiger charge is -2.56. The molecule has 2 aromatic carbocycles. The molecule has 48 heavy (non-hydrogen) atoms. The Morgan fingerprint density at radius 1 is 0.812 bits per heavy atom. The highest BCUT2D eigenvalue weighted by Crippen LogP contribution is 2.55. The van der Waals surface area contributed by atoms with E-state index in [1.54, 1.807) is 12.4 Å². The molecule has 4 saturated carbocycles. The molecular weight excluding hydrogens is 604 g/mol. The molecule has 3 heterocycles. The van der Waals surface area contributed by atoms with Crippen molar-refractivity contribution in [2.75, 3.05) is 37.6 Å². The maximum atomic E-state index is 13.0. The van der Waals surface area contributed by atoms with Gasteiger partial charge >= 0.3 is 6.03 Å². The molecule has 2 saturated heterocycles. The molecule has 4 bridgehead atoms. The number of anilines is 1. The summed E-state index contributed by atoms with van der Waals surface area (Å²) in [7, 11) is 0. The zero-order valence-corrected chi connectivity index (χ0v) is 27.7. The van der Waals surface area contributed by atoms with Gasteiger partial charge < -0.3 is 30.1 Å². The first-order valence-electron chi connectivity index (χ1n) is 17.9. The van der Waals surface area contributed by atoms with Crippen LogP contribution in [-0.4, -0.2) is 70.4 Å². The van der Waals surface area contributed by atoms with Gasteiger partial charge in [0.25, 0.3) is 0 Å². The van der Waals surface area contributed by atoms with Crippen LogP contribution in [-0.2, 0) is 22.6 Å². The third kappa shape index (κ3) is 7.08. The summed E-state index contributed by atoms with van der Waals surface area (Å²) in [6.07, 6.45) is 11.2. The van der Waals surface area contributed by atoms with E-state index >= 15 is 0 Å². The molecule has 6 aliphatic rings. The number of aliphatic hydroxyl groups excluding tert-OH is 1. The third-order valence-corrected chi connectivity index (χ3v) is 11.4. The highest BCUT2D eigenvalue weighted by Gasteiger charge is 2.51. The fourth-order valence-electron chi connectivity index (χ4n) is 9.43. The van der Waals surface area contributed by atoms with Gasteiger partial charge in [0.1, 0.15) is 0 Å². The number of carbonyl (C=O) groups is 1. The van der Waals surface area contributed by atoms with Crippen LogP contribution in [0, 0.1) is 17.8 Å². The lowest BCUT2D eigenvalue weighted by atomic mass is 9.53. The molecule has 3 aromatic rings. The molecule has 1 aromatic heterocycles. The van der Waals surface area contributed by atoms with Crippen molar-refractivity contribution in [3.8, 4) is 0 Å². The normalized spacial score (nSPS) is 31.5. The average Bonchev–Trinajstić information content (AvgIpc) is 3.11. The number of ether oxygens (including phenoxy) is 2. The Hall–Kier alpha value is -3.57. The van der Waals surface area contributed by atoms with Gasteiger partial charge in [0.2, 0.25) is 5.95 Å². The van der Waals surface area contributed by atoms with E-state index in [2.05, 4.69) is 66.8 Å². The lowest BCUT2D eigenvalue weighted by molar-refractivity contribution is -0.253. The van der Waals surface area contributed by atoms with E-state index < -0.39 is 6.29 Å². The summed E-state index contributed by atoms with van der Waals surface area (Å²) in [5.41, 5.74) is 3.98. The van der Waals surface area contributed by atoms with E-state index in [4.69, 9.17) is 9.47 Å². The maximum Gasteiger partial charge on any atom is 0.315 e. The Morgan fingerprint density at radius 2 is 1.44 bits per heavy atom. The Bertz CT molecular complexity index is 1490. The molecule has 0 unspecified atom stereocenters. The number of aliphatic hydroxyl groups is 1. The van der Waals surface area contributed by atoms with E-state index in [9.17, 15) is 9.90 Å². The SMILES string of the molecule is O=C(NCc1ccc([C@H]2O[C@@H](CN3CCN(c4ncccn4)CC3)C[C@@H](c3ccc(CO)cc3)O2)cc1)NC12CC3CC(CC(C3)C1)C2. The van der Waals surface area contributed by atoms with Crippen molar-refractivity contribution >= 4 is 12.0 Å². The number of hydrogen-bond acceptors (Lipinski definition) is 8. The van der Waals surface area contributed by atoms with Gasteiger partial charge in [-0.15, -0.1) is 0 Å². The number of amides is 2. The minimum Gasteiger partial charge on any atom is -0.392 e. The predicted octanol–water partition coefficient (Wildman–Crippen LogP) is 5.10. The second-order valence-corrected chi connectivity index (χ2v) is 14.9. The second-order valence-electron chi connectivity index (χ2n) is 14.9. The Morgan fingerprint density at radius 3 is 2.08 bits per heavy atom. The standard InChI is InChI=1S/C38H48N6O4/c45-25-27-4-6-31(7-5-27)34-19-33(24-43-12-14-44(15-13-43)36-39-10-1-11-40-36)47-35(48-34)32-8-2-26(3-9-32)23-41-37(46)42-38-20-28-16-29(21-38)18-30(17-28)22-38/h1-11,28-30,33-35,45H,12-25H2,(H2,41,42,46)/t28?,29?,30?,33-,34+,35+,38?/m1/s1. The van der Waals surface area contributed by atoms with Crippen molar-refractivity contribution in [1.82, 2.24) is 25.5 Å². The van der Waals surface area contributed by atoms with Crippen LogP contribution in [0.4, 0.5) is 10.7 Å². The lowest BCUT2D eigenvalue weighted by Crippen LogP contribution is -2.61. The van der Waals surface area contributed by atoms with Gasteiger partial charge in [-0.2, -0.15) is 0 Å². The molecule has 254 valence electrons. The molecule has 9 rings (SSSR count). The first-order chi connectivity index (χ1) is 23.5. The minimum atomic E-state index is -0.508. The van der Waals surface area contributed by atoms with Gasteiger partial charge in [-0.1, -0.05) is 48.5 Å². The van der Waals surface area contributed by atoms with Gasteiger partial charge in [-0.25, -0.2) is 14.8 Å². The molecular formula is C38H48N6O4. The molecule has 0 spiro atoms. The summed E-state index contributed by atoms with van der Waals surface area (Å²) >= 11 is 0. The van der Waals surface area contributed by atoms with Crippen LogP contribution in [0.25, 0.3) is 0 Å². The zero-order chi connectivity index (χ0) is 32.5. The molecule has 3 N–H and O–H groups in total. The molecule has 10 nitrogen and oxygen atoms in total. The summed E-state index contributed by atoms with van der Waals surface area (Å²) in [6, 6.07) is 18.1. The monoisotopic (exact) mass is 652 g/mol. The number of benzene rings is 2. The van der Waals surface area contributed by atoms with Crippen molar-refractivity contribution in [2.45, 2.75) is 82.1 Å². The summed E-state index contributed by atoms with van der Waals surface area (Å²) in [5, 5.41) is 16.1. The molecule has 4 aliphatic carbocycles. The zero-order valence-electron chi connectivity index (χ0n) is 27.7. The van der Waals surface area contributed by atoms with Crippen LogP contribution >= 0.6 is 0 Å². The third-order valence-electron chi connectivity index (χ3n) is 11.4. The fourth-order valence-corrected chi connectivity index (χ4v) is 9.43. The predicted molar refractivity (Wildman–Crippen MR) is 182 cm³/mol. The van der Waals surface area contributed by atoms with E-state index in [0.717, 1.165) is 104 Å². The highest BCUT2D eigenvalue weighted by molar-refractivity contribution is 5.75. The van der Waals surface area contributed by atoms with Gasteiger partial charge in [0, 0.05) is 69.2 Å². The van der Waals surface area contributed by atoms with E-state index in [-0.39, 0.29) is 30.4 Å². The topological polar surface area (TPSA) is 112 Å². The summed E-state index contributed by atoms with van der Waals surface area (Å²) in [5.74, 6) is 3.18.